The molecule has 0 fully saturated rings. The molecule has 0 bridgehead atoms. The van der Waals surface area contributed by atoms with Crippen molar-refractivity contribution in [1.29, 1.82) is 0 Å². The molecule has 4 rings (SSSR count). The van der Waals surface area contributed by atoms with Crippen LogP contribution in [0.15, 0.2) is 64.2 Å². The van der Waals surface area contributed by atoms with E-state index in [0.717, 1.165) is 28.2 Å². The lowest BCUT2D eigenvalue weighted by atomic mass is 10.1. The third-order valence-electron chi connectivity index (χ3n) is 5.47. The zero-order valence-corrected chi connectivity index (χ0v) is 20.4. The van der Waals surface area contributed by atoms with Crippen molar-refractivity contribution in [3.8, 4) is 11.1 Å². The van der Waals surface area contributed by atoms with Gasteiger partial charge >= 0.3 is 0 Å². The molecule has 33 heavy (non-hydrogen) atoms. The van der Waals surface area contributed by atoms with Crippen molar-refractivity contribution < 1.29 is 13.2 Å². The van der Waals surface area contributed by atoms with Crippen LogP contribution < -0.4 is 5.32 Å². The van der Waals surface area contributed by atoms with Crippen molar-refractivity contribution in [3.05, 3.63) is 65.1 Å². The van der Waals surface area contributed by atoms with Crippen LogP contribution in [0.2, 0.25) is 0 Å². The molecule has 4 aromatic rings. The van der Waals surface area contributed by atoms with Gasteiger partial charge in [-0.05, 0) is 65.2 Å². The summed E-state index contributed by atoms with van der Waals surface area (Å²) in [5.74, 6) is 0.664. The smallest absolute Gasteiger partial charge is 0.242 e. The largest absolute Gasteiger partial charge is 0.328 e. The molecular weight excluding hydrogens is 456 g/mol. The Morgan fingerprint density at radius 1 is 1.12 bits per heavy atom. The number of rotatable bonds is 8. The highest BCUT2D eigenvalue weighted by Gasteiger charge is 2.19. The van der Waals surface area contributed by atoms with Gasteiger partial charge in [0.15, 0.2) is 0 Å². The molecule has 0 aliphatic rings. The maximum absolute atomic E-state index is 12.6. The molecule has 0 spiro atoms. The van der Waals surface area contributed by atoms with Crippen molar-refractivity contribution in [3.63, 3.8) is 0 Å². The van der Waals surface area contributed by atoms with Crippen LogP contribution in [0, 0.1) is 0 Å². The number of carbonyl (C=O) groups is 1. The number of anilines is 1. The third kappa shape index (κ3) is 4.85. The maximum Gasteiger partial charge on any atom is 0.242 e. The first-order valence-electron chi connectivity index (χ1n) is 10.6. The van der Waals surface area contributed by atoms with E-state index in [2.05, 4.69) is 21.7 Å². The minimum Gasteiger partial charge on any atom is -0.328 e. The number of thiophene rings is 1. The van der Waals surface area contributed by atoms with Gasteiger partial charge < -0.3 is 9.88 Å². The van der Waals surface area contributed by atoms with Crippen molar-refractivity contribution in [1.82, 2.24) is 13.9 Å². The summed E-state index contributed by atoms with van der Waals surface area (Å²) in [6.45, 7) is 2.68. The second-order valence-electron chi connectivity index (χ2n) is 7.85. The zero-order valence-electron chi connectivity index (χ0n) is 18.8. The van der Waals surface area contributed by atoms with Crippen molar-refractivity contribution in [2.75, 3.05) is 19.4 Å². The SMILES string of the molecule is CCn1c(CCC(=O)Nc2cccc(-c3ccsc3)c2)nc2cc(S(=O)(=O)N(C)C)ccc21. The number of aryl methyl sites for hydroxylation is 2. The molecule has 2 aromatic carbocycles. The van der Waals surface area contributed by atoms with Crippen LogP contribution in [-0.4, -0.2) is 42.3 Å². The lowest BCUT2D eigenvalue weighted by Gasteiger charge is -2.11. The number of sulfonamides is 1. The van der Waals surface area contributed by atoms with E-state index in [0.29, 0.717) is 18.5 Å². The van der Waals surface area contributed by atoms with Crippen molar-refractivity contribution in [2.24, 2.45) is 0 Å². The number of aromatic nitrogens is 2. The Hall–Kier alpha value is -3.01. The Bertz CT molecular complexity index is 1390. The van der Waals surface area contributed by atoms with E-state index in [1.165, 1.54) is 18.4 Å². The molecule has 1 N–H and O–H groups in total. The topological polar surface area (TPSA) is 84.3 Å². The fraction of sp³-hybridized carbons (Fsp3) is 0.250. The first-order valence-corrected chi connectivity index (χ1v) is 13.0. The minimum absolute atomic E-state index is 0.0944. The van der Waals surface area contributed by atoms with Gasteiger partial charge in [0, 0.05) is 39.2 Å². The van der Waals surface area contributed by atoms with E-state index < -0.39 is 10.0 Å². The van der Waals surface area contributed by atoms with E-state index in [-0.39, 0.29) is 17.2 Å². The molecule has 0 radical (unpaired) electrons. The summed E-state index contributed by atoms with van der Waals surface area (Å²) in [5, 5.41) is 7.07. The summed E-state index contributed by atoms with van der Waals surface area (Å²) in [7, 11) is -0.530. The quantitative estimate of drug-likeness (QED) is 0.398. The molecule has 0 saturated heterocycles. The number of nitrogens with zero attached hydrogens (tertiary/aromatic N) is 3. The Labute approximate surface area is 197 Å². The van der Waals surface area contributed by atoms with Gasteiger partial charge in [0.2, 0.25) is 15.9 Å². The Kier molecular flexibility index (Phi) is 6.64. The summed E-state index contributed by atoms with van der Waals surface area (Å²) < 4.78 is 28.1. The molecule has 0 saturated carbocycles. The molecule has 172 valence electrons. The van der Waals surface area contributed by atoms with Crippen LogP contribution in [0.25, 0.3) is 22.2 Å². The monoisotopic (exact) mass is 482 g/mol. The molecule has 9 heteroatoms. The molecular formula is C24H26N4O3S2. The number of hydrogen-bond donors (Lipinski definition) is 1. The summed E-state index contributed by atoms with van der Waals surface area (Å²) in [6, 6.07) is 14.8. The predicted octanol–water partition coefficient (Wildman–Crippen LogP) is 4.61. The zero-order chi connectivity index (χ0) is 23.6. The number of imidazole rings is 1. The molecule has 0 aliphatic heterocycles. The Morgan fingerprint density at radius 2 is 1.94 bits per heavy atom. The Balaban J connectivity index is 1.50. The summed E-state index contributed by atoms with van der Waals surface area (Å²) in [5.41, 5.74) is 4.41. The summed E-state index contributed by atoms with van der Waals surface area (Å²) in [4.78, 5) is 17.5. The Morgan fingerprint density at radius 3 is 2.64 bits per heavy atom. The molecule has 0 atom stereocenters. The molecule has 1 amide bonds. The van der Waals surface area contributed by atoms with Gasteiger partial charge in [-0.25, -0.2) is 17.7 Å². The van der Waals surface area contributed by atoms with Gasteiger partial charge in [-0.15, -0.1) is 0 Å². The van der Waals surface area contributed by atoms with Gasteiger partial charge in [-0.2, -0.15) is 11.3 Å². The highest BCUT2D eigenvalue weighted by molar-refractivity contribution is 7.89. The number of fused-ring (bicyclic) bond motifs is 1. The third-order valence-corrected chi connectivity index (χ3v) is 7.96. The fourth-order valence-electron chi connectivity index (χ4n) is 3.73. The fourth-order valence-corrected chi connectivity index (χ4v) is 5.32. The summed E-state index contributed by atoms with van der Waals surface area (Å²) in [6.07, 6.45) is 0.725. The lowest BCUT2D eigenvalue weighted by Crippen LogP contribution is -2.22. The van der Waals surface area contributed by atoms with E-state index >= 15 is 0 Å². The van der Waals surface area contributed by atoms with Gasteiger partial charge in [0.1, 0.15) is 5.82 Å². The minimum atomic E-state index is -3.54. The molecule has 0 unspecified atom stereocenters. The van der Waals surface area contributed by atoms with E-state index in [9.17, 15) is 13.2 Å². The van der Waals surface area contributed by atoms with Crippen LogP contribution in [0.5, 0.6) is 0 Å². The number of carbonyl (C=O) groups excluding carboxylic acids is 1. The van der Waals surface area contributed by atoms with Gasteiger partial charge in [-0.3, -0.25) is 4.79 Å². The first kappa shape index (κ1) is 23.2. The van der Waals surface area contributed by atoms with E-state index in [1.54, 1.807) is 29.5 Å². The number of nitrogens with one attached hydrogen (secondary N) is 1. The highest BCUT2D eigenvalue weighted by Crippen LogP contribution is 2.25. The second-order valence-corrected chi connectivity index (χ2v) is 10.8. The van der Waals surface area contributed by atoms with Crippen LogP contribution in [-0.2, 0) is 27.8 Å². The van der Waals surface area contributed by atoms with Crippen LogP contribution in [0.1, 0.15) is 19.2 Å². The van der Waals surface area contributed by atoms with E-state index in [1.807, 2.05) is 41.1 Å². The van der Waals surface area contributed by atoms with Crippen LogP contribution >= 0.6 is 11.3 Å². The van der Waals surface area contributed by atoms with E-state index in [4.69, 9.17) is 0 Å². The van der Waals surface area contributed by atoms with Gasteiger partial charge in [0.25, 0.3) is 0 Å². The average Bonchev–Trinajstić information content (AvgIpc) is 3.45. The number of amides is 1. The normalized spacial score (nSPS) is 11.9. The van der Waals surface area contributed by atoms with Crippen LogP contribution in [0.4, 0.5) is 5.69 Å². The molecule has 7 nitrogen and oxygen atoms in total. The molecule has 0 aliphatic carbocycles. The summed E-state index contributed by atoms with van der Waals surface area (Å²) >= 11 is 1.64. The van der Waals surface area contributed by atoms with Gasteiger partial charge in [0.05, 0.1) is 15.9 Å². The lowest BCUT2D eigenvalue weighted by molar-refractivity contribution is -0.116. The van der Waals surface area contributed by atoms with Crippen molar-refractivity contribution in [2.45, 2.75) is 31.2 Å². The van der Waals surface area contributed by atoms with Crippen molar-refractivity contribution >= 4 is 44.0 Å². The number of hydrogen-bond acceptors (Lipinski definition) is 5. The molecule has 2 heterocycles. The van der Waals surface area contributed by atoms with Crippen LogP contribution in [0.3, 0.4) is 0 Å². The second kappa shape index (κ2) is 9.46. The van der Waals surface area contributed by atoms with Gasteiger partial charge in [-0.1, -0.05) is 12.1 Å². The number of benzene rings is 2. The molecule has 2 aromatic heterocycles. The first-order chi connectivity index (χ1) is 15.8. The highest BCUT2D eigenvalue weighted by atomic mass is 32.2. The maximum atomic E-state index is 12.6. The standard InChI is InChI=1S/C24H26N4O3S2/c1-4-28-22-9-8-20(33(30,31)27(2)3)15-21(22)26-23(28)10-11-24(29)25-19-7-5-6-17(14-19)18-12-13-32-16-18/h5-9,12-16H,4,10-11H2,1-3H3,(H,25,29). The average molecular weight is 483 g/mol. The predicted molar refractivity (Wildman–Crippen MR) is 133 cm³/mol.